The molecule has 1 aliphatic heterocycles. The number of benzene rings is 2. The summed E-state index contributed by atoms with van der Waals surface area (Å²) in [6, 6.07) is 21.2. The number of allylic oxidation sites excluding steroid dienone is 3. The third kappa shape index (κ3) is 2.52. The smallest absolute Gasteiger partial charge is 0.103 e. The first kappa shape index (κ1) is 13.7. The van der Waals surface area contributed by atoms with Gasteiger partial charge in [0.15, 0.2) is 0 Å². The Balaban J connectivity index is 2.21. The highest BCUT2D eigenvalue weighted by atomic mass is 16.5. The van der Waals surface area contributed by atoms with Crippen molar-refractivity contribution in [3.8, 4) is 0 Å². The summed E-state index contributed by atoms with van der Waals surface area (Å²) in [4.78, 5) is 0. The van der Waals surface area contributed by atoms with Gasteiger partial charge in [-0.15, -0.1) is 0 Å². The van der Waals surface area contributed by atoms with Crippen LogP contribution < -0.4 is 0 Å². The van der Waals surface area contributed by atoms with Crippen LogP contribution >= 0.6 is 0 Å². The highest BCUT2D eigenvalue weighted by molar-refractivity contribution is 5.50. The van der Waals surface area contributed by atoms with Crippen LogP contribution in [0.4, 0.5) is 0 Å². The first-order valence-corrected chi connectivity index (χ1v) is 7.40. The third-order valence-electron chi connectivity index (χ3n) is 3.98. The van der Waals surface area contributed by atoms with Crippen LogP contribution in [-0.4, -0.2) is 0 Å². The van der Waals surface area contributed by atoms with Crippen molar-refractivity contribution < 1.29 is 4.74 Å². The van der Waals surface area contributed by atoms with E-state index in [1.54, 1.807) is 0 Å². The Morgan fingerprint density at radius 1 is 0.810 bits per heavy atom. The first-order chi connectivity index (χ1) is 10.2. The first-order valence-electron chi connectivity index (χ1n) is 7.40. The van der Waals surface area contributed by atoms with E-state index in [1.165, 1.54) is 11.1 Å². The molecule has 1 nitrogen and oxygen atoms in total. The molecule has 0 aromatic heterocycles. The van der Waals surface area contributed by atoms with Crippen LogP contribution in [0, 0.1) is 5.92 Å². The number of rotatable bonds is 3. The highest BCUT2D eigenvalue weighted by Gasteiger charge is 2.33. The van der Waals surface area contributed by atoms with Gasteiger partial charge in [0, 0.05) is 5.92 Å². The molecule has 0 atom stereocenters. The van der Waals surface area contributed by atoms with Crippen LogP contribution in [0.25, 0.3) is 0 Å². The summed E-state index contributed by atoms with van der Waals surface area (Å²) in [5.74, 6) is 1.38. The molecule has 1 heteroatoms. The van der Waals surface area contributed by atoms with Gasteiger partial charge in [-0.1, -0.05) is 74.5 Å². The summed E-state index contributed by atoms with van der Waals surface area (Å²) < 4.78 is 5.72. The van der Waals surface area contributed by atoms with Gasteiger partial charge in [0.05, 0.1) is 11.7 Å². The van der Waals surface area contributed by atoms with E-state index in [-0.39, 0.29) is 5.41 Å². The van der Waals surface area contributed by atoms with E-state index in [0.717, 1.165) is 5.76 Å². The topological polar surface area (TPSA) is 9.23 Å². The Morgan fingerprint density at radius 3 is 1.81 bits per heavy atom. The second-order valence-electron chi connectivity index (χ2n) is 5.72. The Bertz CT molecular complexity index is 611. The van der Waals surface area contributed by atoms with Crippen molar-refractivity contribution in [3.05, 3.63) is 96.0 Å². The second kappa shape index (κ2) is 5.61. The van der Waals surface area contributed by atoms with E-state index in [9.17, 15) is 0 Å². The molecule has 0 amide bonds. The average molecular weight is 276 g/mol. The molecule has 0 radical (unpaired) electrons. The van der Waals surface area contributed by atoms with Crippen molar-refractivity contribution >= 4 is 0 Å². The fraction of sp³-hybridized carbons (Fsp3) is 0.200. The predicted molar refractivity (Wildman–Crippen MR) is 86.8 cm³/mol. The molecule has 106 valence electrons. The van der Waals surface area contributed by atoms with E-state index < -0.39 is 0 Å². The number of ether oxygens (including phenoxy) is 1. The molecular formula is C20H20O. The Morgan fingerprint density at radius 2 is 1.33 bits per heavy atom. The molecule has 21 heavy (non-hydrogen) atoms. The lowest BCUT2D eigenvalue weighted by Gasteiger charge is -2.33. The van der Waals surface area contributed by atoms with Gasteiger partial charge in [0.2, 0.25) is 0 Å². The predicted octanol–water partition coefficient (Wildman–Crippen LogP) is 5.06. The highest BCUT2D eigenvalue weighted by Crippen LogP contribution is 2.39. The van der Waals surface area contributed by atoms with Crippen molar-refractivity contribution in [2.75, 3.05) is 0 Å². The molecule has 0 saturated heterocycles. The normalized spacial score (nSPS) is 16.4. The molecule has 0 N–H and O–H groups in total. The van der Waals surface area contributed by atoms with Gasteiger partial charge >= 0.3 is 0 Å². The molecule has 0 fully saturated rings. The molecule has 1 aliphatic rings. The summed E-state index contributed by atoms with van der Waals surface area (Å²) in [6.07, 6.45) is 6.22. The minimum atomic E-state index is -0.250. The average Bonchev–Trinajstić information content (AvgIpc) is 2.56. The second-order valence-corrected chi connectivity index (χ2v) is 5.72. The largest absolute Gasteiger partial charge is 0.470 e. The molecule has 0 unspecified atom stereocenters. The fourth-order valence-corrected chi connectivity index (χ4v) is 2.78. The zero-order valence-electron chi connectivity index (χ0n) is 12.5. The SMILES string of the molecule is CC(C)C1=CC(c2ccccc2)(c2ccccc2)C=CO1. The van der Waals surface area contributed by atoms with Crippen LogP contribution in [0.5, 0.6) is 0 Å². The van der Waals surface area contributed by atoms with Gasteiger partial charge in [-0.25, -0.2) is 0 Å². The molecule has 3 rings (SSSR count). The summed E-state index contributed by atoms with van der Waals surface area (Å²) >= 11 is 0. The Labute approximate surface area is 126 Å². The minimum absolute atomic E-state index is 0.250. The van der Waals surface area contributed by atoms with Crippen LogP contribution in [-0.2, 0) is 10.2 Å². The molecule has 2 aromatic rings. The quantitative estimate of drug-likeness (QED) is 0.761. The van der Waals surface area contributed by atoms with Crippen molar-refractivity contribution in [1.29, 1.82) is 0 Å². The van der Waals surface area contributed by atoms with Crippen LogP contribution in [0.15, 0.2) is 84.8 Å². The summed E-state index contributed by atoms with van der Waals surface area (Å²) in [6.45, 7) is 4.32. The van der Waals surface area contributed by atoms with Crippen molar-refractivity contribution in [2.45, 2.75) is 19.3 Å². The van der Waals surface area contributed by atoms with Crippen LogP contribution in [0.3, 0.4) is 0 Å². The molecule has 0 aliphatic carbocycles. The van der Waals surface area contributed by atoms with Crippen LogP contribution in [0.2, 0.25) is 0 Å². The lowest BCUT2D eigenvalue weighted by Crippen LogP contribution is -2.26. The van der Waals surface area contributed by atoms with Gasteiger partial charge in [0.1, 0.15) is 5.76 Å². The summed E-state index contributed by atoms with van der Waals surface area (Å²) in [5, 5.41) is 0. The molecule has 0 spiro atoms. The van der Waals surface area contributed by atoms with Crippen LogP contribution in [0.1, 0.15) is 25.0 Å². The number of hydrogen-bond acceptors (Lipinski definition) is 1. The molecule has 0 bridgehead atoms. The Hall–Kier alpha value is -2.28. The lowest BCUT2D eigenvalue weighted by atomic mass is 9.73. The maximum atomic E-state index is 5.72. The van der Waals surface area contributed by atoms with Gasteiger partial charge in [-0.3, -0.25) is 0 Å². The van der Waals surface area contributed by atoms with Gasteiger partial charge < -0.3 is 4.74 Å². The van der Waals surface area contributed by atoms with Gasteiger partial charge in [-0.05, 0) is 23.3 Å². The fourth-order valence-electron chi connectivity index (χ4n) is 2.78. The summed E-state index contributed by atoms with van der Waals surface area (Å²) in [7, 11) is 0. The van der Waals surface area contributed by atoms with E-state index in [0.29, 0.717) is 5.92 Å². The van der Waals surface area contributed by atoms with Crippen molar-refractivity contribution in [3.63, 3.8) is 0 Å². The molecule has 0 saturated carbocycles. The molecule has 2 aromatic carbocycles. The Kier molecular flexibility index (Phi) is 3.66. The maximum absolute atomic E-state index is 5.72. The third-order valence-corrected chi connectivity index (χ3v) is 3.98. The zero-order valence-corrected chi connectivity index (χ0v) is 12.5. The minimum Gasteiger partial charge on any atom is -0.470 e. The van der Waals surface area contributed by atoms with Gasteiger partial charge in [0.25, 0.3) is 0 Å². The maximum Gasteiger partial charge on any atom is 0.103 e. The monoisotopic (exact) mass is 276 g/mol. The van der Waals surface area contributed by atoms with E-state index in [1.807, 2.05) is 6.26 Å². The molecule has 1 heterocycles. The van der Waals surface area contributed by atoms with Gasteiger partial charge in [-0.2, -0.15) is 0 Å². The molecular weight excluding hydrogens is 256 g/mol. The standard InChI is InChI=1S/C20H20O/c1-16(2)19-15-20(13-14-21-19,17-9-5-3-6-10-17)18-11-7-4-8-12-18/h3-16H,1-2H3. The van der Waals surface area contributed by atoms with Crippen molar-refractivity contribution in [2.24, 2.45) is 5.92 Å². The zero-order chi connectivity index (χ0) is 14.7. The number of hydrogen-bond donors (Lipinski definition) is 0. The van der Waals surface area contributed by atoms with E-state index in [4.69, 9.17) is 4.74 Å². The summed E-state index contributed by atoms with van der Waals surface area (Å²) in [5.41, 5.74) is 2.27. The lowest BCUT2D eigenvalue weighted by molar-refractivity contribution is 0.288. The van der Waals surface area contributed by atoms with Crippen molar-refractivity contribution in [1.82, 2.24) is 0 Å². The van der Waals surface area contributed by atoms with E-state index >= 15 is 0 Å². The van der Waals surface area contributed by atoms with E-state index in [2.05, 4.69) is 86.7 Å².